The van der Waals surface area contributed by atoms with Crippen LogP contribution in [-0.2, 0) is 0 Å². The van der Waals surface area contributed by atoms with Crippen molar-refractivity contribution in [3.05, 3.63) is 21.9 Å². The van der Waals surface area contributed by atoms with E-state index in [1.165, 1.54) is 17.7 Å². The first-order valence-corrected chi connectivity index (χ1v) is 7.44. The smallest absolute Gasteiger partial charge is 0.0981 e. The Hall–Kier alpha value is -0.380. The van der Waals surface area contributed by atoms with Gasteiger partial charge in [-0.1, -0.05) is 6.92 Å². The van der Waals surface area contributed by atoms with E-state index in [1.54, 1.807) is 11.3 Å². The molecule has 2 nitrogen and oxygen atoms in total. The van der Waals surface area contributed by atoms with Crippen LogP contribution in [0.5, 0.6) is 0 Å². The highest BCUT2D eigenvalue weighted by Gasteiger charge is 2.39. The normalized spacial score (nSPS) is 22.6. The summed E-state index contributed by atoms with van der Waals surface area (Å²) in [7, 11) is 0. The van der Waals surface area contributed by atoms with Crippen molar-refractivity contribution < 1.29 is 5.11 Å². The highest BCUT2D eigenvalue weighted by molar-refractivity contribution is 7.10. The molecule has 1 aromatic rings. The van der Waals surface area contributed by atoms with Crippen LogP contribution in [-0.4, -0.2) is 28.6 Å². The summed E-state index contributed by atoms with van der Waals surface area (Å²) in [5, 5.41) is 12.8. The van der Waals surface area contributed by atoms with Gasteiger partial charge in [-0.25, -0.2) is 0 Å². The molecule has 1 aromatic heterocycles. The van der Waals surface area contributed by atoms with Crippen molar-refractivity contribution in [3.63, 3.8) is 0 Å². The standard InChI is InChI=1S/C14H23NOS/c1-4-14(3,15-8-5-6-9-15)13(16)12-7-10-17-11(12)2/h7,10,13,16H,4-6,8-9H2,1-3H3. The maximum Gasteiger partial charge on any atom is 0.0981 e. The minimum absolute atomic E-state index is 0.109. The highest BCUT2D eigenvalue weighted by atomic mass is 32.1. The Balaban J connectivity index is 2.25. The lowest BCUT2D eigenvalue weighted by atomic mass is 9.85. The van der Waals surface area contributed by atoms with E-state index in [-0.39, 0.29) is 11.6 Å². The zero-order chi connectivity index (χ0) is 12.5. The summed E-state index contributed by atoms with van der Waals surface area (Å²) in [5.74, 6) is 0. The Kier molecular flexibility index (Phi) is 3.91. The molecule has 96 valence electrons. The average molecular weight is 253 g/mol. The summed E-state index contributed by atoms with van der Waals surface area (Å²) >= 11 is 1.72. The topological polar surface area (TPSA) is 23.5 Å². The summed E-state index contributed by atoms with van der Waals surface area (Å²) in [5.41, 5.74) is 1.01. The zero-order valence-corrected chi connectivity index (χ0v) is 11.9. The van der Waals surface area contributed by atoms with Crippen LogP contribution in [0, 0.1) is 6.92 Å². The minimum Gasteiger partial charge on any atom is -0.386 e. The van der Waals surface area contributed by atoms with Gasteiger partial charge in [0.25, 0.3) is 0 Å². The van der Waals surface area contributed by atoms with E-state index >= 15 is 0 Å². The summed E-state index contributed by atoms with van der Waals surface area (Å²) in [6, 6.07) is 2.08. The third-order valence-electron chi connectivity index (χ3n) is 4.33. The summed E-state index contributed by atoms with van der Waals surface area (Å²) in [6.45, 7) is 8.75. The molecule has 0 aromatic carbocycles. The number of likely N-dealkylation sites (tertiary alicyclic amines) is 1. The lowest BCUT2D eigenvalue weighted by Gasteiger charge is -2.42. The van der Waals surface area contributed by atoms with E-state index in [0.717, 1.165) is 25.1 Å². The average Bonchev–Trinajstić information content (AvgIpc) is 2.97. The Labute approximate surface area is 108 Å². The molecule has 1 fully saturated rings. The molecule has 0 spiro atoms. The number of hydrogen-bond donors (Lipinski definition) is 1. The molecule has 0 aliphatic carbocycles. The van der Waals surface area contributed by atoms with E-state index in [0.29, 0.717) is 0 Å². The molecular weight excluding hydrogens is 230 g/mol. The predicted molar refractivity (Wildman–Crippen MR) is 73.5 cm³/mol. The van der Waals surface area contributed by atoms with Crippen molar-refractivity contribution in [3.8, 4) is 0 Å². The molecule has 2 unspecified atom stereocenters. The van der Waals surface area contributed by atoms with Gasteiger partial charge in [0, 0.05) is 10.4 Å². The highest BCUT2D eigenvalue weighted by Crippen LogP contribution is 2.38. The first-order valence-electron chi connectivity index (χ1n) is 6.56. The first-order chi connectivity index (χ1) is 8.09. The second kappa shape index (κ2) is 5.09. The van der Waals surface area contributed by atoms with Crippen molar-refractivity contribution in [2.75, 3.05) is 13.1 Å². The second-order valence-electron chi connectivity index (χ2n) is 5.24. The maximum atomic E-state index is 10.7. The molecule has 1 N–H and O–H groups in total. The van der Waals surface area contributed by atoms with E-state index in [9.17, 15) is 5.11 Å². The summed E-state index contributed by atoms with van der Waals surface area (Å²) in [6.07, 6.45) is 3.16. The number of aliphatic hydroxyl groups excluding tert-OH is 1. The van der Waals surface area contributed by atoms with Gasteiger partial charge in [0.15, 0.2) is 0 Å². The van der Waals surface area contributed by atoms with Gasteiger partial charge in [-0.15, -0.1) is 11.3 Å². The van der Waals surface area contributed by atoms with Crippen molar-refractivity contribution in [1.29, 1.82) is 0 Å². The molecule has 17 heavy (non-hydrogen) atoms. The van der Waals surface area contributed by atoms with Gasteiger partial charge in [0.2, 0.25) is 0 Å². The Bertz CT molecular complexity index is 370. The third kappa shape index (κ3) is 2.28. The van der Waals surface area contributed by atoms with Gasteiger partial charge in [-0.2, -0.15) is 0 Å². The van der Waals surface area contributed by atoms with Crippen LogP contribution in [0.15, 0.2) is 11.4 Å². The van der Waals surface area contributed by atoms with Gasteiger partial charge in [0.1, 0.15) is 0 Å². The quantitative estimate of drug-likeness (QED) is 0.889. The molecule has 0 amide bonds. The fourth-order valence-corrected chi connectivity index (χ4v) is 3.57. The van der Waals surface area contributed by atoms with Gasteiger partial charge >= 0.3 is 0 Å². The van der Waals surface area contributed by atoms with Gasteiger partial charge < -0.3 is 5.11 Å². The van der Waals surface area contributed by atoms with E-state index in [2.05, 4.69) is 37.1 Å². The van der Waals surface area contributed by atoms with Crippen LogP contribution >= 0.6 is 11.3 Å². The first kappa shape index (κ1) is 13.1. The van der Waals surface area contributed by atoms with Crippen LogP contribution in [0.1, 0.15) is 49.7 Å². The Morgan fingerprint density at radius 2 is 2.12 bits per heavy atom. The van der Waals surface area contributed by atoms with Gasteiger partial charge in [-0.05, 0) is 63.2 Å². The van der Waals surface area contributed by atoms with E-state index < -0.39 is 0 Å². The predicted octanol–water partition coefficient (Wildman–Crippen LogP) is 3.35. The third-order valence-corrected chi connectivity index (χ3v) is 5.19. The molecule has 0 bridgehead atoms. The monoisotopic (exact) mass is 253 g/mol. The molecule has 0 radical (unpaired) electrons. The molecule has 2 atom stereocenters. The molecular formula is C14H23NOS. The Morgan fingerprint density at radius 3 is 2.59 bits per heavy atom. The van der Waals surface area contributed by atoms with Crippen LogP contribution in [0.25, 0.3) is 0 Å². The number of hydrogen-bond acceptors (Lipinski definition) is 3. The largest absolute Gasteiger partial charge is 0.386 e. The van der Waals surface area contributed by atoms with Crippen LogP contribution in [0.4, 0.5) is 0 Å². The number of nitrogens with zero attached hydrogens (tertiary/aromatic N) is 1. The lowest BCUT2D eigenvalue weighted by Crippen LogP contribution is -2.49. The summed E-state index contributed by atoms with van der Waals surface area (Å²) in [4.78, 5) is 3.71. The molecule has 1 aliphatic heterocycles. The van der Waals surface area contributed by atoms with E-state index in [1.807, 2.05) is 0 Å². The van der Waals surface area contributed by atoms with Crippen LogP contribution in [0.2, 0.25) is 0 Å². The zero-order valence-electron chi connectivity index (χ0n) is 11.1. The van der Waals surface area contributed by atoms with Crippen LogP contribution < -0.4 is 0 Å². The summed E-state index contributed by atoms with van der Waals surface area (Å²) < 4.78 is 0. The molecule has 0 saturated carbocycles. The number of rotatable bonds is 4. The molecule has 2 rings (SSSR count). The maximum absolute atomic E-state index is 10.7. The van der Waals surface area contributed by atoms with Crippen molar-refractivity contribution in [2.24, 2.45) is 0 Å². The fourth-order valence-electron chi connectivity index (χ4n) is 2.83. The van der Waals surface area contributed by atoms with Crippen LogP contribution in [0.3, 0.4) is 0 Å². The molecule has 1 saturated heterocycles. The Morgan fingerprint density at radius 1 is 1.47 bits per heavy atom. The lowest BCUT2D eigenvalue weighted by molar-refractivity contribution is -0.0140. The number of aliphatic hydroxyl groups is 1. The SMILES string of the molecule is CCC(C)(C(O)c1ccsc1C)N1CCCC1. The number of thiophene rings is 1. The van der Waals surface area contributed by atoms with Gasteiger partial charge in [-0.3, -0.25) is 4.90 Å². The van der Waals surface area contributed by atoms with Crippen molar-refractivity contribution in [2.45, 2.75) is 51.7 Å². The van der Waals surface area contributed by atoms with E-state index in [4.69, 9.17) is 0 Å². The van der Waals surface area contributed by atoms with Crippen molar-refractivity contribution >= 4 is 11.3 Å². The molecule has 1 aliphatic rings. The number of aryl methyl sites for hydroxylation is 1. The van der Waals surface area contributed by atoms with Gasteiger partial charge in [0.05, 0.1) is 6.10 Å². The van der Waals surface area contributed by atoms with Crippen molar-refractivity contribution in [1.82, 2.24) is 4.90 Å². The molecule has 3 heteroatoms. The second-order valence-corrected chi connectivity index (χ2v) is 6.36. The molecule has 2 heterocycles. The minimum atomic E-state index is -0.364. The fraction of sp³-hybridized carbons (Fsp3) is 0.714.